The Balaban J connectivity index is 1.73. The highest BCUT2D eigenvalue weighted by Crippen LogP contribution is 2.45. The number of halogens is 3. The van der Waals surface area contributed by atoms with Gasteiger partial charge in [0.2, 0.25) is 0 Å². The summed E-state index contributed by atoms with van der Waals surface area (Å²) in [4.78, 5) is 31.0. The van der Waals surface area contributed by atoms with Crippen LogP contribution in [0.1, 0.15) is 11.1 Å². The van der Waals surface area contributed by atoms with Crippen LogP contribution >= 0.6 is 0 Å². The molecule has 0 spiro atoms. The molecule has 1 amide bonds. The first-order valence-corrected chi connectivity index (χ1v) is 11.2. The number of benzene rings is 4. The van der Waals surface area contributed by atoms with E-state index in [0.29, 0.717) is 5.56 Å². The van der Waals surface area contributed by atoms with Gasteiger partial charge in [-0.05, 0) is 39.6 Å². The molecule has 0 bridgehead atoms. The molecule has 37 heavy (non-hydrogen) atoms. The molecule has 5 rings (SSSR count). The molecule has 186 valence electrons. The Kier molecular flexibility index (Phi) is 5.70. The number of carbonyl (C=O) groups excluding carboxylic acids is 2. The predicted molar refractivity (Wildman–Crippen MR) is 133 cm³/mol. The van der Waals surface area contributed by atoms with E-state index >= 15 is 0 Å². The van der Waals surface area contributed by atoms with Crippen molar-refractivity contribution < 1.29 is 27.5 Å². The quantitative estimate of drug-likeness (QED) is 0.314. The minimum absolute atomic E-state index is 0.0417. The van der Waals surface area contributed by atoms with Crippen molar-refractivity contribution >= 4 is 28.6 Å². The number of rotatable bonds is 4. The van der Waals surface area contributed by atoms with E-state index in [1.807, 2.05) is 48.5 Å². The standard InChI is InChI=1S/C28H20F3N3O3/c1-34-24(35)27(33-26(34)32,22-14-4-5-15-23(22)37-25(36)28(29,30)31)19-11-6-10-18(16-19)21-13-7-9-17-8-2-3-12-20(17)21/h2-16H,1H3,(H2,32,33). The number of ether oxygens (including phenoxy) is 1. The van der Waals surface area contributed by atoms with Gasteiger partial charge in [-0.3, -0.25) is 9.69 Å². The first kappa shape index (κ1) is 24.1. The van der Waals surface area contributed by atoms with Crippen molar-refractivity contribution in [2.24, 2.45) is 10.7 Å². The Morgan fingerprint density at radius 1 is 0.946 bits per heavy atom. The highest BCUT2D eigenvalue weighted by Gasteiger charge is 2.52. The van der Waals surface area contributed by atoms with Crippen LogP contribution in [0.3, 0.4) is 0 Å². The second-order valence-corrected chi connectivity index (χ2v) is 8.54. The molecule has 0 radical (unpaired) electrons. The highest BCUT2D eigenvalue weighted by molar-refractivity contribution is 6.09. The zero-order chi connectivity index (χ0) is 26.4. The zero-order valence-corrected chi connectivity index (χ0v) is 19.5. The Morgan fingerprint density at radius 3 is 2.35 bits per heavy atom. The van der Waals surface area contributed by atoms with Crippen LogP contribution in [0.25, 0.3) is 21.9 Å². The topological polar surface area (TPSA) is 85.0 Å². The largest absolute Gasteiger partial charge is 0.491 e. The number of amides is 1. The molecule has 4 aromatic carbocycles. The van der Waals surface area contributed by atoms with E-state index in [9.17, 15) is 22.8 Å². The summed E-state index contributed by atoms with van der Waals surface area (Å²) < 4.78 is 43.8. The fraction of sp³-hybridized carbons (Fsp3) is 0.107. The van der Waals surface area contributed by atoms with Gasteiger partial charge < -0.3 is 10.5 Å². The number of hydrogen-bond acceptors (Lipinski definition) is 5. The van der Waals surface area contributed by atoms with E-state index in [0.717, 1.165) is 26.8 Å². The lowest BCUT2D eigenvalue weighted by atomic mass is 9.81. The third-order valence-electron chi connectivity index (χ3n) is 6.33. The fourth-order valence-corrected chi connectivity index (χ4v) is 4.56. The minimum Gasteiger partial charge on any atom is -0.419 e. The number of carbonyl (C=O) groups is 2. The summed E-state index contributed by atoms with van der Waals surface area (Å²) in [7, 11) is 1.42. The van der Waals surface area contributed by atoms with Crippen LogP contribution in [-0.4, -0.2) is 36.0 Å². The lowest BCUT2D eigenvalue weighted by molar-refractivity contribution is -0.189. The van der Waals surface area contributed by atoms with Crippen LogP contribution in [0, 0.1) is 0 Å². The molecule has 1 unspecified atom stereocenters. The summed E-state index contributed by atoms with van der Waals surface area (Å²) in [5.41, 5.74) is 6.12. The molecule has 0 aromatic heterocycles. The molecule has 0 saturated carbocycles. The van der Waals surface area contributed by atoms with Crippen molar-refractivity contribution in [2.75, 3.05) is 7.05 Å². The molecule has 0 saturated heterocycles. The normalized spacial score (nSPS) is 17.7. The molecule has 1 atom stereocenters. The summed E-state index contributed by atoms with van der Waals surface area (Å²) in [6.45, 7) is 0. The lowest BCUT2D eigenvalue weighted by Crippen LogP contribution is -2.41. The van der Waals surface area contributed by atoms with Gasteiger partial charge in [0.1, 0.15) is 5.75 Å². The molecular weight excluding hydrogens is 483 g/mol. The third-order valence-corrected chi connectivity index (χ3v) is 6.33. The first-order chi connectivity index (χ1) is 17.6. The maximum Gasteiger partial charge on any atom is 0.491 e. The van der Waals surface area contributed by atoms with Gasteiger partial charge in [-0.15, -0.1) is 0 Å². The summed E-state index contributed by atoms with van der Waals surface area (Å²) >= 11 is 0. The molecule has 1 aliphatic heterocycles. The summed E-state index contributed by atoms with van der Waals surface area (Å²) in [6.07, 6.45) is -5.23. The molecule has 0 aliphatic carbocycles. The second kappa shape index (κ2) is 8.77. The Hall–Kier alpha value is -4.66. The highest BCUT2D eigenvalue weighted by atomic mass is 19.4. The molecule has 0 fully saturated rings. The molecule has 2 N–H and O–H groups in total. The van der Waals surface area contributed by atoms with Crippen LogP contribution in [0.2, 0.25) is 0 Å². The summed E-state index contributed by atoms with van der Waals surface area (Å²) in [5, 5.41) is 2.00. The first-order valence-electron chi connectivity index (χ1n) is 11.2. The number of nitrogens with zero attached hydrogens (tertiary/aromatic N) is 2. The maximum absolute atomic E-state index is 13.7. The Labute approximate surface area is 209 Å². The SMILES string of the molecule is CN1C(=O)C(c2cccc(-c3cccc4ccccc34)c2)(c2ccccc2OC(=O)C(F)(F)F)N=C1N. The minimum atomic E-state index is -5.23. The number of likely N-dealkylation sites (N-methyl/N-ethyl adjacent to an activating group) is 1. The number of para-hydroxylation sites is 1. The van der Waals surface area contributed by atoms with Crippen molar-refractivity contribution in [3.63, 3.8) is 0 Å². The molecule has 4 aromatic rings. The van der Waals surface area contributed by atoms with Gasteiger partial charge in [-0.1, -0.05) is 78.9 Å². The maximum atomic E-state index is 13.7. The average molecular weight is 503 g/mol. The zero-order valence-electron chi connectivity index (χ0n) is 19.5. The van der Waals surface area contributed by atoms with E-state index in [2.05, 4.69) is 4.99 Å². The average Bonchev–Trinajstić information content (AvgIpc) is 3.12. The number of guanidine groups is 1. The van der Waals surface area contributed by atoms with Crippen LogP contribution < -0.4 is 10.5 Å². The van der Waals surface area contributed by atoms with Gasteiger partial charge in [0.05, 0.1) is 0 Å². The van der Waals surface area contributed by atoms with Crippen LogP contribution in [0.15, 0.2) is 96.0 Å². The van der Waals surface area contributed by atoms with Crippen molar-refractivity contribution in [2.45, 2.75) is 11.7 Å². The molecular formula is C28H20F3N3O3. The Morgan fingerprint density at radius 2 is 1.62 bits per heavy atom. The van der Waals surface area contributed by atoms with Gasteiger partial charge in [-0.25, -0.2) is 9.79 Å². The molecule has 9 heteroatoms. The van der Waals surface area contributed by atoms with Gasteiger partial charge in [0, 0.05) is 12.6 Å². The van der Waals surface area contributed by atoms with Gasteiger partial charge in [0.15, 0.2) is 11.5 Å². The number of nitrogens with two attached hydrogens (primary N) is 1. The lowest BCUT2D eigenvalue weighted by Gasteiger charge is -2.28. The number of hydrogen-bond donors (Lipinski definition) is 1. The Bertz CT molecular complexity index is 1580. The number of fused-ring (bicyclic) bond motifs is 1. The molecule has 6 nitrogen and oxygen atoms in total. The van der Waals surface area contributed by atoms with Crippen LogP contribution in [0.5, 0.6) is 5.75 Å². The number of alkyl halides is 3. The second-order valence-electron chi connectivity index (χ2n) is 8.54. The summed E-state index contributed by atoms with van der Waals surface area (Å²) in [6, 6.07) is 26.1. The van der Waals surface area contributed by atoms with Gasteiger partial charge in [0.25, 0.3) is 5.91 Å². The number of esters is 1. The van der Waals surface area contributed by atoms with Gasteiger partial charge >= 0.3 is 12.1 Å². The molecule has 1 aliphatic rings. The predicted octanol–water partition coefficient (Wildman–Crippen LogP) is 5.00. The van der Waals surface area contributed by atoms with E-state index < -0.39 is 29.3 Å². The van der Waals surface area contributed by atoms with Crippen molar-refractivity contribution in [1.82, 2.24) is 4.90 Å². The van der Waals surface area contributed by atoms with E-state index in [-0.39, 0.29) is 11.5 Å². The monoisotopic (exact) mass is 503 g/mol. The number of aliphatic imine (C=N–C) groups is 1. The fourth-order valence-electron chi connectivity index (χ4n) is 4.56. The van der Waals surface area contributed by atoms with E-state index in [1.54, 1.807) is 18.2 Å². The van der Waals surface area contributed by atoms with Crippen LogP contribution in [-0.2, 0) is 15.1 Å². The van der Waals surface area contributed by atoms with Crippen LogP contribution in [0.4, 0.5) is 13.2 Å². The van der Waals surface area contributed by atoms with Gasteiger partial charge in [-0.2, -0.15) is 13.2 Å². The smallest absolute Gasteiger partial charge is 0.419 e. The third kappa shape index (κ3) is 3.98. The van der Waals surface area contributed by atoms with E-state index in [4.69, 9.17) is 10.5 Å². The molecule has 1 heterocycles. The summed E-state index contributed by atoms with van der Waals surface area (Å²) in [5.74, 6) is -3.58. The van der Waals surface area contributed by atoms with Crippen molar-refractivity contribution in [1.29, 1.82) is 0 Å². The van der Waals surface area contributed by atoms with Crippen molar-refractivity contribution in [3.05, 3.63) is 102 Å². The van der Waals surface area contributed by atoms with Crippen molar-refractivity contribution in [3.8, 4) is 16.9 Å². The van der Waals surface area contributed by atoms with E-state index in [1.165, 1.54) is 31.3 Å².